The molecule has 5 rings (SSSR count). The second-order valence-corrected chi connectivity index (χ2v) is 5.50. The van der Waals surface area contributed by atoms with Crippen LogP contribution >= 0.6 is 0 Å². The topological polar surface area (TPSA) is 39.3 Å². The summed E-state index contributed by atoms with van der Waals surface area (Å²) in [6.07, 6.45) is 3.35. The lowest BCUT2D eigenvalue weighted by molar-refractivity contribution is 0.299. The van der Waals surface area contributed by atoms with Crippen molar-refractivity contribution in [1.82, 2.24) is 4.98 Å². The standard InChI is InChI=1S/C15H18N2O/c18-8-5-10-1-2-13-12(9-10)14-11-3-6-17(7-4-11)15(14)16-13/h1-2,9,11,16,18H,3-8H2. The van der Waals surface area contributed by atoms with E-state index in [0.717, 1.165) is 12.3 Å². The van der Waals surface area contributed by atoms with E-state index >= 15 is 0 Å². The second-order valence-electron chi connectivity index (χ2n) is 5.50. The molecule has 18 heavy (non-hydrogen) atoms. The summed E-state index contributed by atoms with van der Waals surface area (Å²) >= 11 is 0. The van der Waals surface area contributed by atoms with Gasteiger partial charge < -0.3 is 15.0 Å². The van der Waals surface area contributed by atoms with Crippen molar-refractivity contribution in [3.63, 3.8) is 0 Å². The third-order valence-electron chi connectivity index (χ3n) is 4.50. The number of aliphatic hydroxyl groups is 1. The Morgan fingerprint density at radius 1 is 1.28 bits per heavy atom. The molecule has 0 amide bonds. The zero-order valence-corrected chi connectivity index (χ0v) is 10.4. The van der Waals surface area contributed by atoms with E-state index in [1.54, 1.807) is 0 Å². The summed E-state index contributed by atoms with van der Waals surface area (Å²) in [6.45, 7) is 2.63. The van der Waals surface area contributed by atoms with Gasteiger partial charge in [0.25, 0.3) is 0 Å². The molecule has 0 aliphatic carbocycles. The fraction of sp³-hybridized carbons (Fsp3) is 0.467. The first-order chi connectivity index (χ1) is 8.86. The van der Waals surface area contributed by atoms with Crippen LogP contribution in [0.15, 0.2) is 18.2 Å². The number of nitrogens with zero attached hydrogens (tertiary/aromatic N) is 1. The molecule has 2 N–H and O–H groups in total. The number of benzene rings is 1. The van der Waals surface area contributed by atoms with Gasteiger partial charge in [-0.2, -0.15) is 0 Å². The fourth-order valence-electron chi connectivity index (χ4n) is 3.58. The molecule has 3 aliphatic rings. The Bertz CT molecular complexity index is 594. The van der Waals surface area contributed by atoms with Crippen molar-refractivity contribution in [2.75, 3.05) is 24.6 Å². The maximum atomic E-state index is 9.07. The maximum Gasteiger partial charge on any atom is 0.110 e. The van der Waals surface area contributed by atoms with Crippen molar-refractivity contribution in [3.8, 4) is 0 Å². The van der Waals surface area contributed by atoms with Gasteiger partial charge >= 0.3 is 0 Å². The van der Waals surface area contributed by atoms with Crippen LogP contribution in [-0.4, -0.2) is 29.8 Å². The second kappa shape index (κ2) is 3.75. The predicted molar refractivity (Wildman–Crippen MR) is 73.3 cm³/mol. The van der Waals surface area contributed by atoms with Crippen LogP contribution in [0.25, 0.3) is 10.9 Å². The average molecular weight is 242 g/mol. The van der Waals surface area contributed by atoms with Crippen molar-refractivity contribution in [2.45, 2.75) is 25.2 Å². The Kier molecular flexibility index (Phi) is 2.18. The Hall–Kier alpha value is -1.48. The van der Waals surface area contributed by atoms with Gasteiger partial charge in [-0.15, -0.1) is 0 Å². The van der Waals surface area contributed by atoms with E-state index in [1.165, 1.54) is 53.8 Å². The zero-order valence-electron chi connectivity index (χ0n) is 10.4. The van der Waals surface area contributed by atoms with E-state index in [-0.39, 0.29) is 6.61 Å². The Morgan fingerprint density at radius 2 is 2.11 bits per heavy atom. The van der Waals surface area contributed by atoms with Crippen molar-refractivity contribution >= 4 is 16.7 Å². The van der Waals surface area contributed by atoms with Crippen LogP contribution in [0.4, 0.5) is 5.82 Å². The third kappa shape index (κ3) is 1.34. The summed E-state index contributed by atoms with van der Waals surface area (Å²) in [5.41, 5.74) is 4.02. The molecule has 94 valence electrons. The van der Waals surface area contributed by atoms with Crippen LogP contribution in [0.2, 0.25) is 0 Å². The molecule has 3 heteroatoms. The minimum absolute atomic E-state index is 0.230. The molecular formula is C15H18N2O. The number of rotatable bonds is 2. The van der Waals surface area contributed by atoms with Crippen molar-refractivity contribution in [1.29, 1.82) is 0 Å². The van der Waals surface area contributed by atoms with Gasteiger partial charge in [0.1, 0.15) is 5.82 Å². The van der Waals surface area contributed by atoms with Crippen LogP contribution in [0, 0.1) is 0 Å². The SMILES string of the molecule is OCCc1ccc2[nH]c3c(c2c1)C1CCN3CC1. The van der Waals surface area contributed by atoms with Gasteiger partial charge in [0, 0.05) is 36.2 Å². The van der Waals surface area contributed by atoms with Gasteiger partial charge in [0.15, 0.2) is 0 Å². The van der Waals surface area contributed by atoms with Gasteiger partial charge in [0.05, 0.1) is 0 Å². The number of fused-ring (bicyclic) bond motifs is 3. The Labute approximate surface area is 106 Å². The zero-order chi connectivity index (χ0) is 12.1. The molecule has 0 atom stereocenters. The number of hydrogen-bond donors (Lipinski definition) is 2. The van der Waals surface area contributed by atoms with Crippen LogP contribution in [0.3, 0.4) is 0 Å². The molecular weight excluding hydrogens is 224 g/mol. The van der Waals surface area contributed by atoms with Crippen molar-refractivity contribution in [2.24, 2.45) is 0 Å². The molecule has 1 aromatic heterocycles. The highest BCUT2D eigenvalue weighted by Gasteiger charge is 2.33. The number of aromatic nitrogens is 1. The first-order valence-electron chi connectivity index (χ1n) is 6.87. The van der Waals surface area contributed by atoms with Gasteiger partial charge in [-0.25, -0.2) is 0 Å². The Balaban J connectivity index is 1.93. The average Bonchev–Trinajstić information content (AvgIpc) is 2.81. The largest absolute Gasteiger partial charge is 0.396 e. The molecule has 3 nitrogen and oxygen atoms in total. The van der Waals surface area contributed by atoms with Crippen molar-refractivity contribution in [3.05, 3.63) is 29.3 Å². The summed E-state index contributed by atoms with van der Waals surface area (Å²) in [5.74, 6) is 2.09. The minimum Gasteiger partial charge on any atom is -0.396 e. The number of piperidine rings is 1. The van der Waals surface area contributed by atoms with Crippen LogP contribution in [0.5, 0.6) is 0 Å². The molecule has 0 unspecified atom stereocenters. The number of aliphatic hydroxyl groups excluding tert-OH is 1. The molecule has 0 spiro atoms. The quantitative estimate of drug-likeness (QED) is 0.849. The highest BCUT2D eigenvalue weighted by atomic mass is 16.2. The Morgan fingerprint density at radius 3 is 2.89 bits per heavy atom. The summed E-state index contributed by atoms with van der Waals surface area (Å²) in [6, 6.07) is 6.56. The van der Waals surface area contributed by atoms with Crippen molar-refractivity contribution < 1.29 is 5.11 Å². The van der Waals surface area contributed by atoms with E-state index in [9.17, 15) is 0 Å². The lowest BCUT2D eigenvalue weighted by atomic mass is 9.84. The number of hydrogen-bond acceptors (Lipinski definition) is 2. The van der Waals surface area contributed by atoms with E-state index in [1.807, 2.05) is 0 Å². The van der Waals surface area contributed by atoms with Gasteiger partial charge in [-0.1, -0.05) is 6.07 Å². The van der Waals surface area contributed by atoms with E-state index < -0.39 is 0 Å². The van der Waals surface area contributed by atoms with E-state index in [4.69, 9.17) is 5.11 Å². The smallest absolute Gasteiger partial charge is 0.110 e. The third-order valence-corrected chi connectivity index (χ3v) is 4.50. The van der Waals surface area contributed by atoms with Crippen LogP contribution in [0.1, 0.15) is 29.9 Å². The molecule has 0 radical (unpaired) electrons. The highest BCUT2D eigenvalue weighted by Crippen LogP contribution is 2.45. The van der Waals surface area contributed by atoms with Gasteiger partial charge in [-0.05, 0) is 42.9 Å². The molecule has 1 saturated heterocycles. The normalized spacial score (nSPS) is 18.6. The lowest BCUT2D eigenvalue weighted by Gasteiger charge is -2.40. The molecule has 2 bridgehead atoms. The summed E-state index contributed by atoms with van der Waals surface area (Å²) in [5, 5.41) is 10.4. The van der Waals surface area contributed by atoms with E-state index in [0.29, 0.717) is 0 Å². The number of nitrogens with one attached hydrogen (secondary N) is 1. The molecule has 2 aromatic rings. The summed E-state index contributed by atoms with van der Waals surface area (Å²) in [4.78, 5) is 6.07. The molecule has 4 heterocycles. The first-order valence-corrected chi connectivity index (χ1v) is 6.87. The van der Waals surface area contributed by atoms with Gasteiger partial charge in [-0.3, -0.25) is 0 Å². The molecule has 1 aromatic carbocycles. The lowest BCUT2D eigenvalue weighted by Crippen LogP contribution is -2.38. The van der Waals surface area contributed by atoms with E-state index in [2.05, 4.69) is 28.1 Å². The van der Waals surface area contributed by atoms with Gasteiger partial charge in [0.2, 0.25) is 0 Å². The van der Waals surface area contributed by atoms with Crippen LogP contribution < -0.4 is 4.90 Å². The number of anilines is 1. The molecule has 0 saturated carbocycles. The summed E-state index contributed by atoms with van der Waals surface area (Å²) in [7, 11) is 0. The maximum absolute atomic E-state index is 9.07. The highest BCUT2D eigenvalue weighted by molar-refractivity contribution is 5.91. The predicted octanol–water partition coefficient (Wildman–Crippen LogP) is 2.40. The summed E-state index contributed by atoms with van der Waals surface area (Å²) < 4.78 is 0. The molecule has 3 aliphatic heterocycles. The minimum atomic E-state index is 0.230. The molecule has 1 fully saturated rings. The number of aromatic amines is 1. The first kappa shape index (κ1) is 10.4. The fourth-order valence-corrected chi connectivity index (χ4v) is 3.58. The monoisotopic (exact) mass is 242 g/mol. The number of H-pyrrole nitrogens is 1. The van der Waals surface area contributed by atoms with Crippen LogP contribution in [-0.2, 0) is 6.42 Å².